The van der Waals surface area contributed by atoms with Crippen molar-refractivity contribution >= 4 is 46.6 Å². The van der Waals surface area contributed by atoms with E-state index in [1.165, 1.54) is 6.92 Å². The number of anilines is 2. The van der Waals surface area contributed by atoms with E-state index >= 15 is 0 Å². The van der Waals surface area contributed by atoms with Crippen molar-refractivity contribution in [2.45, 2.75) is 32.9 Å². The molecule has 8 nitrogen and oxygen atoms in total. The number of nitrogens with one attached hydrogen (secondary N) is 3. The van der Waals surface area contributed by atoms with Crippen LogP contribution in [0, 0.1) is 20.8 Å². The van der Waals surface area contributed by atoms with Crippen molar-refractivity contribution in [3.8, 4) is 11.3 Å². The van der Waals surface area contributed by atoms with Crippen molar-refractivity contribution in [2.75, 3.05) is 16.4 Å². The van der Waals surface area contributed by atoms with Crippen LogP contribution in [0.2, 0.25) is 5.02 Å². The number of benzene rings is 2. The molecule has 0 atom stereocenters. The van der Waals surface area contributed by atoms with Gasteiger partial charge in [-0.05, 0) is 56.2 Å². The van der Waals surface area contributed by atoms with Gasteiger partial charge >= 0.3 is 0 Å². The van der Waals surface area contributed by atoms with Crippen LogP contribution in [-0.4, -0.2) is 32.7 Å². The van der Waals surface area contributed by atoms with Gasteiger partial charge in [0.2, 0.25) is 11.8 Å². The fraction of sp³-hybridized carbons (Fsp3) is 0.227. The Kier molecular flexibility index (Phi) is 7.32. The molecule has 3 aromatic rings. The van der Waals surface area contributed by atoms with Gasteiger partial charge in [-0.15, -0.1) is 10.2 Å². The van der Waals surface area contributed by atoms with Gasteiger partial charge in [0.1, 0.15) is 0 Å². The lowest BCUT2D eigenvalue weighted by Crippen LogP contribution is -2.18. The van der Waals surface area contributed by atoms with Crippen LogP contribution < -0.4 is 16.2 Å². The number of nitrogens with zero attached hydrogens (tertiary/aromatic N) is 2. The van der Waals surface area contributed by atoms with Crippen molar-refractivity contribution in [1.82, 2.24) is 15.2 Å². The van der Waals surface area contributed by atoms with Crippen LogP contribution in [-0.2, 0) is 9.59 Å². The molecule has 32 heavy (non-hydrogen) atoms. The van der Waals surface area contributed by atoms with Gasteiger partial charge < -0.3 is 10.6 Å². The minimum absolute atomic E-state index is 0.0345. The molecule has 0 fully saturated rings. The number of halogens is 1. The van der Waals surface area contributed by atoms with Gasteiger partial charge in [0, 0.05) is 23.2 Å². The first-order valence-electron chi connectivity index (χ1n) is 9.69. The normalized spacial score (nSPS) is 10.7. The number of rotatable bonds is 6. The van der Waals surface area contributed by atoms with Crippen LogP contribution in [0.1, 0.15) is 23.6 Å². The molecule has 0 bridgehead atoms. The molecule has 3 N–H and O–H groups in total. The number of carbonyl (C=O) groups is 2. The van der Waals surface area contributed by atoms with E-state index in [0.717, 1.165) is 28.5 Å². The fourth-order valence-corrected chi connectivity index (χ4v) is 3.98. The Bertz CT molecular complexity index is 1260. The fourth-order valence-electron chi connectivity index (χ4n) is 3.15. The number of hydrogen-bond acceptors (Lipinski definition) is 6. The highest BCUT2D eigenvalue weighted by Gasteiger charge is 2.16. The summed E-state index contributed by atoms with van der Waals surface area (Å²) in [6, 6.07) is 8.86. The smallest absolute Gasteiger partial charge is 0.278 e. The van der Waals surface area contributed by atoms with Gasteiger partial charge in [-0.3, -0.25) is 19.4 Å². The molecule has 3 rings (SSSR count). The van der Waals surface area contributed by atoms with Crippen LogP contribution >= 0.6 is 23.4 Å². The summed E-state index contributed by atoms with van der Waals surface area (Å²) in [6.45, 7) is 6.98. The van der Waals surface area contributed by atoms with Crippen molar-refractivity contribution in [1.29, 1.82) is 0 Å². The number of H-pyrrole nitrogens is 1. The summed E-state index contributed by atoms with van der Waals surface area (Å²) in [4.78, 5) is 39.3. The average molecular weight is 472 g/mol. The molecule has 166 valence electrons. The van der Waals surface area contributed by atoms with E-state index in [1.807, 2.05) is 26.8 Å². The minimum atomic E-state index is -0.465. The molecule has 0 unspecified atom stereocenters. The number of aryl methyl sites for hydroxylation is 3. The third kappa shape index (κ3) is 5.74. The standard InChI is InChI=1S/C22H22ClN5O3S/c1-11-7-13(3)19(24-14(4)29)16(8-11)20-21(31)26-22(28-27-20)32-10-18(30)25-17-6-5-15(23)9-12(17)2/h5-9H,10H2,1-4H3,(H,24,29)(H,25,30)(H,26,28,31). The summed E-state index contributed by atoms with van der Waals surface area (Å²) in [5.74, 6) is -0.474. The summed E-state index contributed by atoms with van der Waals surface area (Å²) in [6.07, 6.45) is 0. The third-order valence-electron chi connectivity index (χ3n) is 4.51. The molecular weight excluding hydrogens is 450 g/mol. The van der Waals surface area contributed by atoms with Crippen LogP contribution in [0.4, 0.5) is 11.4 Å². The zero-order valence-electron chi connectivity index (χ0n) is 18.0. The van der Waals surface area contributed by atoms with E-state index in [9.17, 15) is 14.4 Å². The molecule has 10 heteroatoms. The predicted molar refractivity (Wildman–Crippen MR) is 127 cm³/mol. The van der Waals surface area contributed by atoms with Crippen molar-refractivity contribution < 1.29 is 9.59 Å². The molecule has 2 aromatic carbocycles. The topological polar surface area (TPSA) is 117 Å². The maximum absolute atomic E-state index is 12.7. The quantitative estimate of drug-likeness (QED) is 0.466. The average Bonchev–Trinajstić information content (AvgIpc) is 2.70. The monoisotopic (exact) mass is 471 g/mol. The van der Waals surface area contributed by atoms with E-state index in [0.29, 0.717) is 22.0 Å². The number of carbonyl (C=O) groups excluding carboxylic acids is 2. The van der Waals surface area contributed by atoms with Crippen LogP contribution in [0.5, 0.6) is 0 Å². The van der Waals surface area contributed by atoms with E-state index < -0.39 is 5.56 Å². The summed E-state index contributed by atoms with van der Waals surface area (Å²) in [5.41, 5.74) is 3.86. The number of aromatic nitrogens is 3. The van der Waals surface area contributed by atoms with Gasteiger partial charge in [-0.1, -0.05) is 35.0 Å². The summed E-state index contributed by atoms with van der Waals surface area (Å²) >= 11 is 6.99. The lowest BCUT2D eigenvalue weighted by atomic mass is 10.0. The SMILES string of the molecule is CC(=O)Nc1c(C)cc(C)cc1-c1nnc(SCC(=O)Nc2ccc(Cl)cc2C)[nH]c1=O. The largest absolute Gasteiger partial charge is 0.325 e. The molecule has 0 aliphatic rings. The molecule has 0 saturated heterocycles. The van der Waals surface area contributed by atoms with E-state index in [4.69, 9.17) is 11.6 Å². The Balaban J connectivity index is 1.77. The zero-order valence-corrected chi connectivity index (χ0v) is 19.6. The first-order chi connectivity index (χ1) is 15.1. The predicted octanol–water partition coefficient (Wildman–Crippen LogP) is 4.10. The van der Waals surface area contributed by atoms with E-state index in [1.54, 1.807) is 24.3 Å². The Morgan fingerprint density at radius 1 is 1.06 bits per heavy atom. The molecule has 0 saturated carbocycles. The maximum Gasteiger partial charge on any atom is 0.278 e. The second-order valence-corrected chi connectivity index (χ2v) is 8.69. The summed E-state index contributed by atoms with van der Waals surface area (Å²) < 4.78 is 0. The number of thioether (sulfide) groups is 1. The van der Waals surface area contributed by atoms with Gasteiger partial charge in [-0.2, -0.15) is 0 Å². The van der Waals surface area contributed by atoms with Gasteiger partial charge in [-0.25, -0.2) is 0 Å². The van der Waals surface area contributed by atoms with Gasteiger partial charge in [0.15, 0.2) is 10.9 Å². The molecule has 2 amide bonds. The lowest BCUT2D eigenvalue weighted by Gasteiger charge is -2.13. The Labute approximate surface area is 194 Å². The maximum atomic E-state index is 12.7. The molecule has 0 spiro atoms. The molecule has 0 radical (unpaired) electrons. The van der Waals surface area contributed by atoms with Gasteiger partial charge in [0.05, 0.1) is 11.4 Å². The highest BCUT2D eigenvalue weighted by atomic mass is 35.5. The summed E-state index contributed by atoms with van der Waals surface area (Å²) in [7, 11) is 0. The highest BCUT2D eigenvalue weighted by molar-refractivity contribution is 7.99. The first-order valence-corrected chi connectivity index (χ1v) is 11.1. The number of amides is 2. The third-order valence-corrected chi connectivity index (χ3v) is 5.61. The van der Waals surface area contributed by atoms with Crippen LogP contribution in [0.15, 0.2) is 40.3 Å². The molecule has 0 aliphatic carbocycles. The van der Waals surface area contributed by atoms with Crippen LogP contribution in [0.3, 0.4) is 0 Å². The van der Waals surface area contributed by atoms with E-state index in [-0.39, 0.29) is 28.4 Å². The molecular formula is C22H22ClN5O3S. The van der Waals surface area contributed by atoms with Crippen LogP contribution in [0.25, 0.3) is 11.3 Å². The number of hydrogen-bond donors (Lipinski definition) is 3. The van der Waals surface area contributed by atoms with Crippen molar-refractivity contribution in [3.05, 3.63) is 62.4 Å². The zero-order chi connectivity index (χ0) is 23.4. The van der Waals surface area contributed by atoms with E-state index in [2.05, 4.69) is 25.8 Å². The highest BCUT2D eigenvalue weighted by Crippen LogP contribution is 2.29. The summed E-state index contributed by atoms with van der Waals surface area (Å²) in [5, 5.41) is 14.5. The Morgan fingerprint density at radius 3 is 2.47 bits per heavy atom. The Hall–Kier alpha value is -3.17. The van der Waals surface area contributed by atoms with Gasteiger partial charge in [0.25, 0.3) is 5.56 Å². The minimum Gasteiger partial charge on any atom is -0.325 e. The first kappa shape index (κ1) is 23.5. The Morgan fingerprint density at radius 2 is 1.81 bits per heavy atom. The van der Waals surface area contributed by atoms with Crippen molar-refractivity contribution in [3.63, 3.8) is 0 Å². The number of aromatic amines is 1. The molecule has 1 aromatic heterocycles. The lowest BCUT2D eigenvalue weighted by molar-refractivity contribution is -0.114. The van der Waals surface area contributed by atoms with Crippen molar-refractivity contribution in [2.24, 2.45) is 0 Å². The molecule has 0 aliphatic heterocycles. The second-order valence-electron chi connectivity index (χ2n) is 7.29. The molecule has 1 heterocycles. The second kappa shape index (κ2) is 9.97.